The molecule has 0 spiro atoms. The minimum Gasteiger partial charge on any atom is -0.378 e. The van der Waals surface area contributed by atoms with Crippen molar-refractivity contribution in [2.24, 2.45) is 5.92 Å². The standard InChI is InChI=1S/C9H17N3O2.ClH/c13-9(8-6-14-2-1-11-8)12-5-7-3-10-4-7;/h7-8,10-11H,1-6H2,(H,12,13);1H. The van der Waals surface area contributed by atoms with E-state index in [0.29, 0.717) is 19.1 Å². The number of nitrogens with one attached hydrogen (secondary N) is 3. The van der Waals surface area contributed by atoms with Gasteiger partial charge in [-0.15, -0.1) is 12.4 Å². The normalized spacial score (nSPS) is 26.3. The Bertz CT molecular complexity index is 206. The average Bonchev–Trinajstić information content (AvgIpc) is 2.16. The van der Waals surface area contributed by atoms with Crippen LogP contribution in [0.1, 0.15) is 0 Å². The fraction of sp³-hybridized carbons (Fsp3) is 0.889. The van der Waals surface area contributed by atoms with Crippen molar-refractivity contribution in [3.8, 4) is 0 Å². The summed E-state index contributed by atoms with van der Waals surface area (Å²) in [5.41, 5.74) is 0. The highest BCUT2D eigenvalue weighted by molar-refractivity contribution is 5.85. The molecule has 0 radical (unpaired) electrons. The van der Waals surface area contributed by atoms with Gasteiger partial charge in [-0.3, -0.25) is 4.79 Å². The summed E-state index contributed by atoms with van der Waals surface area (Å²) in [5, 5.41) is 9.23. The lowest BCUT2D eigenvalue weighted by Crippen LogP contribution is -2.54. The number of carbonyl (C=O) groups is 1. The van der Waals surface area contributed by atoms with Crippen LogP contribution >= 0.6 is 12.4 Å². The quantitative estimate of drug-likeness (QED) is 0.571. The molecule has 2 rings (SSSR count). The molecule has 2 heterocycles. The van der Waals surface area contributed by atoms with E-state index in [1.165, 1.54) is 0 Å². The first kappa shape index (κ1) is 12.7. The van der Waals surface area contributed by atoms with Crippen molar-refractivity contribution in [1.29, 1.82) is 0 Å². The first-order valence-electron chi connectivity index (χ1n) is 5.16. The van der Waals surface area contributed by atoms with E-state index in [0.717, 1.165) is 26.2 Å². The van der Waals surface area contributed by atoms with Crippen LogP contribution < -0.4 is 16.0 Å². The van der Waals surface area contributed by atoms with E-state index in [4.69, 9.17) is 4.74 Å². The topological polar surface area (TPSA) is 62.4 Å². The molecule has 0 aliphatic carbocycles. The molecule has 0 saturated carbocycles. The summed E-state index contributed by atoms with van der Waals surface area (Å²) in [4.78, 5) is 11.6. The Labute approximate surface area is 95.7 Å². The Morgan fingerprint density at radius 2 is 2.27 bits per heavy atom. The Morgan fingerprint density at radius 1 is 1.47 bits per heavy atom. The van der Waals surface area contributed by atoms with Gasteiger partial charge < -0.3 is 20.7 Å². The number of morpholine rings is 1. The fourth-order valence-corrected chi connectivity index (χ4v) is 1.59. The van der Waals surface area contributed by atoms with Crippen molar-refractivity contribution in [3.63, 3.8) is 0 Å². The van der Waals surface area contributed by atoms with Crippen molar-refractivity contribution in [2.75, 3.05) is 39.4 Å². The van der Waals surface area contributed by atoms with Crippen molar-refractivity contribution in [2.45, 2.75) is 6.04 Å². The van der Waals surface area contributed by atoms with Gasteiger partial charge in [-0.2, -0.15) is 0 Å². The highest BCUT2D eigenvalue weighted by Crippen LogP contribution is 2.00. The molecular formula is C9H18ClN3O2. The van der Waals surface area contributed by atoms with Gasteiger partial charge in [0, 0.05) is 32.1 Å². The number of hydrogen-bond donors (Lipinski definition) is 3. The highest BCUT2D eigenvalue weighted by atomic mass is 35.5. The summed E-state index contributed by atoms with van der Waals surface area (Å²) in [6.45, 7) is 4.79. The van der Waals surface area contributed by atoms with Gasteiger partial charge in [0.15, 0.2) is 0 Å². The molecule has 5 nitrogen and oxygen atoms in total. The molecule has 1 atom stereocenters. The first-order chi connectivity index (χ1) is 6.86. The van der Waals surface area contributed by atoms with Crippen molar-refractivity contribution in [1.82, 2.24) is 16.0 Å². The van der Waals surface area contributed by atoms with Crippen LogP contribution in [0.4, 0.5) is 0 Å². The zero-order chi connectivity index (χ0) is 9.80. The van der Waals surface area contributed by atoms with Crippen LogP contribution in [0.5, 0.6) is 0 Å². The maximum Gasteiger partial charge on any atom is 0.239 e. The average molecular weight is 236 g/mol. The third kappa shape index (κ3) is 3.61. The van der Waals surface area contributed by atoms with E-state index >= 15 is 0 Å². The Hall–Kier alpha value is -0.360. The lowest BCUT2D eigenvalue weighted by molar-refractivity contribution is -0.126. The minimum atomic E-state index is -0.156. The Kier molecular flexibility index (Phi) is 5.31. The van der Waals surface area contributed by atoms with Crippen LogP contribution in [0.15, 0.2) is 0 Å². The molecule has 2 aliphatic rings. The van der Waals surface area contributed by atoms with E-state index in [1.54, 1.807) is 0 Å². The fourth-order valence-electron chi connectivity index (χ4n) is 1.59. The molecule has 88 valence electrons. The molecule has 0 aromatic carbocycles. The van der Waals surface area contributed by atoms with Gasteiger partial charge in [0.25, 0.3) is 0 Å². The number of amides is 1. The maximum atomic E-state index is 11.6. The van der Waals surface area contributed by atoms with E-state index in [9.17, 15) is 4.79 Å². The third-order valence-corrected chi connectivity index (χ3v) is 2.67. The molecule has 6 heteroatoms. The summed E-state index contributed by atoms with van der Waals surface area (Å²) in [6, 6.07) is -0.156. The van der Waals surface area contributed by atoms with Crippen molar-refractivity contribution < 1.29 is 9.53 Å². The predicted octanol–water partition coefficient (Wildman–Crippen LogP) is -1.27. The van der Waals surface area contributed by atoms with E-state index < -0.39 is 0 Å². The van der Waals surface area contributed by atoms with E-state index in [-0.39, 0.29) is 24.4 Å². The second-order valence-electron chi connectivity index (χ2n) is 3.85. The second kappa shape index (κ2) is 6.27. The van der Waals surface area contributed by atoms with Crippen LogP contribution in [-0.2, 0) is 9.53 Å². The summed E-state index contributed by atoms with van der Waals surface area (Å²) in [7, 11) is 0. The van der Waals surface area contributed by atoms with Crippen molar-refractivity contribution >= 4 is 18.3 Å². The summed E-state index contributed by atoms with van der Waals surface area (Å²) < 4.78 is 5.21. The molecule has 0 aromatic rings. The minimum absolute atomic E-state index is 0. The second-order valence-corrected chi connectivity index (χ2v) is 3.85. The van der Waals surface area contributed by atoms with Gasteiger partial charge in [0.1, 0.15) is 6.04 Å². The summed E-state index contributed by atoms with van der Waals surface area (Å²) in [6.07, 6.45) is 0. The molecule has 0 bridgehead atoms. The zero-order valence-electron chi connectivity index (χ0n) is 8.62. The summed E-state index contributed by atoms with van der Waals surface area (Å²) in [5.74, 6) is 0.681. The maximum absolute atomic E-state index is 11.6. The van der Waals surface area contributed by atoms with Gasteiger partial charge in [0.05, 0.1) is 13.2 Å². The van der Waals surface area contributed by atoms with Gasteiger partial charge >= 0.3 is 0 Å². The number of hydrogen-bond acceptors (Lipinski definition) is 4. The smallest absolute Gasteiger partial charge is 0.239 e. The molecule has 3 N–H and O–H groups in total. The molecule has 2 aliphatic heterocycles. The van der Waals surface area contributed by atoms with Crippen LogP contribution in [-0.4, -0.2) is 51.3 Å². The first-order valence-corrected chi connectivity index (χ1v) is 5.16. The van der Waals surface area contributed by atoms with E-state index in [1.807, 2.05) is 0 Å². The van der Waals surface area contributed by atoms with Crippen LogP contribution in [0, 0.1) is 5.92 Å². The third-order valence-electron chi connectivity index (χ3n) is 2.67. The molecule has 0 aromatic heterocycles. The Balaban J connectivity index is 0.00000112. The molecule has 1 amide bonds. The van der Waals surface area contributed by atoms with Crippen LogP contribution in [0.3, 0.4) is 0 Å². The molecular weight excluding hydrogens is 218 g/mol. The summed E-state index contributed by atoms with van der Waals surface area (Å²) >= 11 is 0. The lowest BCUT2D eigenvalue weighted by atomic mass is 10.0. The number of carbonyl (C=O) groups excluding carboxylic acids is 1. The molecule has 15 heavy (non-hydrogen) atoms. The largest absolute Gasteiger partial charge is 0.378 e. The number of rotatable bonds is 3. The predicted molar refractivity (Wildman–Crippen MR) is 59.2 cm³/mol. The van der Waals surface area contributed by atoms with Gasteiger partial charge in [-0.05, 0) is 0 Å². The monoisotopic (exact) mass is 235 g/mol. The number of ether oxygens (including phenoxy) is 1. The molecule has 2 fully saturated rings. The van der Waals surface area contributed by atoms with Gasteiger partial charge in [-0.1, -0.05) is 0 Å². The van der Waals surface area contributed by atoms with Crippen LogP contribution in [0.25, 0.3) is 0 Å². The highest BCUT2D eigenvalue weighted by Gasteiger charge is 2.23. The van der Waals surface area contributed by atoms with Crippen molar-refractivity contribution in [3.05, 3.63) is 0 Å². The SMILES string of the molecule is Cl.O=C(NCC1CNC1)C1COCCN1. The lowest BCUT2D eigenvalue weighted by Gasteiger charge is -2.29. The van der Waals surface area contributed by atoms with Gasteiger partial charge in [-0.25, -0.2) is 0 Å². The molecule has 1 unspecified atom stereocenters. The molecule has 2 saturated heterocycles. The van der Waals surface area contributed by atoms with Gasteiger partial charge in [0.2, 0.25) is 5.91 Å². The Morgan fingerprint density at radius 3 is 2.80 bits per heavy atom. The number of halogens is 1. The zero-order valence-corrected chi connectivity index (χ0v) is 9.44. The van der Waals surface area contributed by atoms with E-state index in [2.05, 4.69) is 16.0 Å². The van der Waals surface area contributed by atoms with Crippen LogP contribution in [0.2, 0.25) is 0 Å².